The first-order valence-electron chi connectivity index (χ1n) is 13.5. The van der Waals surface area contributed by atoms with Crippen molar-refractivity contribution >= 4 is 33.5 Å². The van der Waals surface area contributed by atoms with Crippen LogP contribution in [-0.2, 0) is 14.3 Å². The third-order valence-electron chi connectivity index (χ3n) is 5.36. The van der Waals surface area contributed by atoms with Gasteiger partial charge >= 0.3 is 5.97 Å². The molecule has 8 heteroatoms. The Bertz CT molecular complexity index is 728. The van der Waals surface area contributed by atoms with Gasteiger partial charge in [0.1, 0.15) is 5.60 Å². The normalized spacial score (nSPS) is 11.7. The van der Waals surface area contributed by atoms with Crippen LogP contribution in [0.3, 0.4) is 0 Å². The third kappa shape index (κ3) is 19.0. The number of rotatable bonds is 20. The van der Waals surface area contributed by atoms with Crippen LogP contribution < -0.4 is 10.6 Å². The number of hydrogen-bond acceptors (Lipinski definition) is 7. The lowest BCUT2D eigenvalue weighted by molar-refractivity contribution is -0.154. The molecule has 0 aliphatic rings. The summed E-state index contributed by atoms with van der Waals surface area (Å²) in [7, 11) is 0. The molecule has 1 rings (SSSR count). The smallest absolute Gasteiger partial charge is 0.308 e. The van der Waals surface area contributed by atoms with Crippen molar-refractivity contribution in [2.45, 2.75) is 130 Å². The van der Waals surface area contributed by atoms with Gasteiger partial charge in [0.15, 0.2) is 0 Å². The maximum absolute atomic E-state index is 12.1. The van der Waals surface area contributed by atoms with E-state index in [0.29, 0.717) is 23.2 Å². The second-order valence-electron chi connectivity index (χ2n) is 10.1. The Hall–Kier alpha value is -1.96. The maximum atomic E-state index is 12.1. The zero-order valence-corrected chi connectivity index (χ0v) is 23.3. The van der Waals surface area contributed by atoms with E-state index in [-0.39, 0.29) is 18.3 Å². The summed E-state index contributed by atoms with van der Waals surface area (Å²) >= 11 is 1.27. The van der Waals surface area contributed by atoms with Crippen LogP contribution in [0.4, 0.5) is 10.3 Å². The summed E-state index contributed by atoms with van der Waals surface area (Å²) in [6, 6.07) is 0. The largest absolute Gasteiger partial charge is 0.460 e. The van der Waals surface area contributed by atoms with E-state index in [0.717, 1.165) is 12.8 Å². The molecule has 0 bridgehead atoms. The first-order chi connectivity index (χ1) is 16.8. The Kier molecular flexibility index (Phi) is 17.1. The molecule has 2 N–H and O–H groups in total. The van der Waals surface area contributed by atoms with E-state index in [1.54, 1.807) is 0 Å². The monoisotopic (exact) mass is 508 g/mol. The van der Waals surface area contributed by atoms with Crippen LogP contribution in [-0.4, -0.2) is 34.2 Å². The second-order valence-corrected chi connectivity index (χ2v) is 11.0. The number of nitrogens with zero attached hydrogens (tertiary/aromatic N) is 2. The van der Waals surface area contributed by atoms with Gasteiger partial charge in [-0.05, 0) is 52.9 Å². The molecule has 0 saturated carbocycles. The lowest BCUT2D eigenvalue weighted by Crippen LogP contribution is -2.25. The van der Waals surface area contributed by atoms with Gasteiger partial charge in [-0.1, -0.05) is 81.8 Å². The van der Waals surface area contributed by atoms with Crippen molar-refractivity contribution < 1.29 is 14.3 Å². The predicted octanol–water partition coefficient (Wildman–Crippen LogP) is 7.66. The molecule has 0 radical (unpaired) electrons. The van der Waals surface area contributed by atoms with Crippen molar-refractivity contribution in [3.8, 4) is 0 Å². The SMILES string of the molecule is CCCCCCCC/C=C/CCCCCCCC(=O)Nc1nnc(NCCC(=O)OC(C)(C)C)s1. The van der Waals surface area contributed by atoms with Gasteiger partial charge in [-0.25, -0.2) is 0 Å². The van der Waals surface area contributed by atoms with Gasteiger partial charge in [0.2, 0.25) is 16.2 Å². The highest BCUT2D eigenvalue weighted by Gasteiger charge is 2.16. The van der Waals surface area contributed by atoms with E-state index in [9.17, 15) is 9.59 Å². The van der Waals surface area contributed by atoms with Crippen molar-refractivity contribution in [3.63, 3.8) is 0 Å². The minimum atomic E-state index is -0.485. The number of esters is 1. The molecule has 200 valence electrons. The fraction of sp³-hybridized carbons (Fsp3) is 0.778. The number of carbonyl (C=O) groups is 2. The summed E-state index contributed by atoms with van der Waals surface area (Å²) in [6.07, 6.45) is 21.6. The maximum Gasteiger partial charge on any atom is 0.308 e. The molecule has 0 aliphatic heterocycles. The summed E-state index contributed by atoms with van der Waals surface area (Å²) in [5, 5.41) is 14.9. The van der Waals surface area contributed by atoms with Gasteiger partial charge in [-0.2, -0.15) is 0 Å². The molecular weight excluding hydrogens is 460 g/mol. The Morgan fingerprint density at radius 2 is 1.40 bits per heavy atom. The van der Waals surface area contributed by atoms with Crippen molar-refractivity contribution in [1.82, 2.24) is 10.2 Å². The number of anilines is 2. The Morgan fingerprint density at radius 1 is 0.829 bits per heavy atom. The van der Waals surface area contributed by atoms with Crippen LogP contribution in [0.5, 0.6) is 0 Å². The molecule has 0 saturated heterocycles. The fourth-order valence-corrected chi connectivity index (χ4v) is 4.23. The van der Waals surface area contributed by atoms with Gasteiger partial charge < -0.3 is 15.4 Å². The summed E-state index contributed by atoms with van der Waals surface area (Å²) in [6.45, 7) is 8.20. The van der Waals surface area contributed by atoms with Crippen molar-refractivity contribution in [1.29, 1.82) is 0 Å². The second kappa shape index (κ2) is 19.3. The summed E-state index contributed by atoms with van der Waals surface area (Å²) in [5.74, 6) is -0.290. The number of carbonyl (C=O) groups excluding carboxylic acids is 2. The average Bonchev–Trinajstić information content (AvgIpc) is 3.22. The van der Waals surface area contributed by atoms with Crippen LogP contribution >= 0.6 is 11.3 Å². The number of ether oxygens (including phenoxy) is 1. The van der Waals surface area contributed by atoms with Crippen LogP contribution in [0.15, 0.2) is 12.2 Å². The molecule has 1 aromatic rings. The minimum absolute atomic E-state index is 0.0286. The van der Waals surface area contributed by atoms with Gasteiger partial charge in [0.05, 0.1) is 6.42 Å². The van der Waals surface area contributed by atoms with E-state index in [4.69, 9.17) is 4.74 Å². The molecule has 1 heterocycles. The fourth-order valence-electron chi connectivity index (χ4n) is 3.55. The molecule has 1 aromatic heterocycles. The lowest BCUT2D eigenvalue weighted by Gasteiger charge is -2.19. The van der Waals surface area contributed by atoms with Gasteiger partial charge in [-0.3, -0.25) is 9.59 Å². The Balaban J connectivity index is 1.99. The summed E-state index contributed by atoms with van der Waals surface area (Å²) in [4.78, 5) is 23.9. The van der Waals surface area contributed by atoms with Crippen molar-refractivity contribution in [2.75, 3.05) is 17.2 Å². The van der Waals surface area contributed by atoms with Gasteiger partial charge in [0, 0.05) is 13.0 Å². The Morgan fingerprint density at radius 3 is 2.03 bits per heavy atom. The quantitative estimate of drug-likeness (QED) is 0.107. The topological polar surface area (TPSA) is 93.2 Å². The van der Waals surface area contributed by atoms with E-state index < -0.39 is 5.60 Å². The minimum Gasteiger partial charge on any atom is -0.460 e. The van der Waals surface area contributed by atoms with Crippen LogP contribution in [0, 0.1) is 0 Å². The molecular formula is C27H48N4O3S. The molecule has 0 atom stereocenters. The summed E-state index contributed by atoms with van der Waals surface area (Å²) in [5.41, 5.74) is -0.485. The molecule has 0 aromatic carbocycles. The average molecular weight is 509 g/mol. The van der Waals surface area contributed by atoms with E-state index in [1.807, 2.05) is 20.8 Å². The number of unbranched alkanes of at least 4 members (excludes halogenated alkanes) is 11. The molecule has 0 unspecified atom stereocenters. The van der Waals surface area contributed by atoms with Gasteiger partial charge in [0.25, 0.3) is 0 Å². The van der Waals surface area contributed by atoms with E-state index in [2.05, 4.69) is 39.9 Å². The van der Waals surface area contributed by atoms with Crippen molar-refractivity contribution in [2.24, 2.45) is 0 Å². The summed E-state index contributed by atoms with van der Waals surface area (Å²) < 4.78 is 5.27. The highest BCUT2D eigenvalue weighted by Crippen LogP contribution is 2.20. The standard InChI is InChI=1S/C27H48N4O3S/c1-5-6-7-8-9-10-11-12-13-14-15-16-17-18-19-20-23(32)29-26-31-30-25(35-26)28-22-21-24(33)34-27(2,3)4/h12-13H,5-11,14-22H2,1-4H3,(H,28,30)(H,29,31,32)/b13-12+. The van der Waals surface area contributed by atoms with Gasteiger partial charge in [-0.15, -0.1) is 10.2 Å². The number of amides is 1. The highest BCUT2D eigenvalue weighted by atomic mass is 32.1. The zero-order valence-electron chi connectivity index (χ0n) is 22.5. The molecule has 35 heavy (non-hydrogen) atoms. The van der Waals surface area contributed by atoms with E-state index >= 15 is 0 Å². The predicted molar refractivity (Wildman–Crippen MR) is 147 cm³/mol. The van der Waals surface area contributed by atoms with Crippen LogP contribution in [0.2, 0.25) is 0 Å². The number of allylic oxidation sites excluding steroid dienone is 2. The number of hydrogen-bond donors (Lipinski definition) is 2. The number of aromatic nitrogens is 2. The molecule has 0 spiro atoms. The highest BCUT2D eigenvalue weighted by molar-refractivity contribution is 7.19. The molecule has 7 nitrogen and oxygen atoms in total. The van der Waals surface area contributed by atoms with Crippen molar-refractivity contribution in [3.05, 3.63) is 12.2 Å². The number of nitrogens with one attached hydrogen (secondary N) is 2. The van der Waals surface area contributed by atoms with Crippen LogP contribution in [0.25, 0.3) is 0 Å². The third-order valence-corrected chi connectivity index (χ3v) is 6.16. The molecule has 0 fully saturated rings. The first kappa shape index (κ1) is 31.1. The lowest BCUT2D eigenvalue weighted by atomic mass is 10.1. The van der Waals surface area contributed by atoms with Crippen LogP contribution in [0.1, 0.15) is 124 Å². The molecule has 0 aliphatic carbocycles. The first-order valence-corrected chi connectivity index (χ1v) is 14.4. The Labute approximate surface area is 216 Å². The van der Waals surface area contributed by atoms with E-state index in [1.165, 1.54) is 82.0 Å². The molecule has 1 amide bonds. The zero-order chi connectivity index (χ0) is 25.8.